The van der Waals surface area contributed by atoms with E-state index in [0.717, 1.165) is 17.8 Å². The summed E-state index contributed by atoms with van der Waals surface area (Å²) in [5.74, 6) is 3.82. The Morgan fingerprint density at radius 2 is 2.32 bits per heavy atom. The molecule has 1 aliphatic rings. The first-order valence-corrected chi connectivity index (χ1v) is 8.46. The van der Waals surface area contributed by atoms with Gasteiger partial charge in [-0.15, -0.1) is 0 Å². The van der Waals surface area contributed by atoms with Gasteiger partial charge in [-0.05, 0) is 18.6 Å². The second kappa shape index (κ2) is 5.25. The van der Waals surface area contributed by atoms with Crippen LogP contribution in [0.15, 0.2) is 12.1 Å². The molecule has 0 aliphatic carbocycles. The number of rotatable bonds is 2. The molecule has 0 radical (unpaired) electrons. The number of imidazole rings is 1. The van der Waals surface area contributed by atoms with Crippen LogP contribution in [-0.4, -0.2) is 32.1 Å². The summed E-state index contributed by atoms with van der Waals surface area (Å²) in [6.07, 6.45) is 0. The van der Waals surface area contributed by atoms with Crippen molar-refractivity contribution in [3.8, 4) is 0 Å². The Bertz CT molecular complexity index is 605. The molecule has 1 atom stereocenters. The van der Waals surface area contributed by atoms with Crippen molar-refractivity contribution in [1.29, 1.82) is 0 Å². The number of benzene rings is 1. The number of anilines is 1. The normalized spacial score (nSPS) is 20.0. The van der Waals surface area contributed by atoms with Crippen molar-refractivity contribution >= 4 is 40.5 Å². The lowest BCUT2D eigenvalue weighted by Crippen LogP contribution is -2.21. The van der Waals surface area contributed by atoms with Gasteiger partial charge in [-0.25, -0.2) is 9.37 Å². The number of nitrogens with two attached hydrogens (primary N) is 1. The van der Waals surface area contributed by atoms with Gasteiger partial charge in [0.2, 0.25) is 5.95 Å². The van der Waals surface area contributed by atoms with E-state index in [9.17, 15) is 4.39 Å². The lowest BCUT2D eigenvalue weighted by Gasteiger charge is -2.22. The number of thioether (sulfide) groups is 2. The summed E-state index contributed by atoms with van der Waals surface area (Å²) < 4.78 is 15.6. The minimum atomic E-state index is -0.222. The zero-order valence-electron chi connectivity index (χ0n) is 10.7. The second-order valence-corrected chi connectivity index (χ2v) is 7.30. The lowest BCUT2D eigenvalue weighted by atomic mass is 10.2. The van der Waals surface area contributed by atoms with Gasteiger partial charge in [0.1, 0.15) is 5.82 Å². The third kappa shape index (κ3) is 2.56. The molecule has 19 heavy (non-hydrogen) atoms. The van der Waals surface area contributed by atoms with E-state index in [2.05, 4.69) is 4.98 Å². The maximum absolute atomic E-state index is 13.6. The van der Waals surface area contributed by atoms with E-state index >= 15 is 0 Å². The first kappa shape index (κ1) is 13.1. The molecule has 0 amide bonds. The van der Waals surface area contributed by atoms with Crippen molar-refractivity contribution in [3.05, 3.63) is 23.5 Å². The Morgan fingerprint density at radius 1 is 1.47 bits per heavy atom. The van der Waals surface area contributed by atoms with E-state index in [1.807, 2.05) is 34.2 Å². The number of hydrogen-bond donors (Lipinski definition) is 1. The topological polar surface area (TPSA) is 43.8 Å². The summed E-state index contributed by atoms with van der Waals surface area (Å²) in [6.45, 7) is 2.62. The Labute approximate surface area is 120 Å². The monoisotopic (exact) mass is 297 g/mol. The standard InChI is InChI=1S/C13H16FN3S2/c1-8-4-12-11(5-10(8)14)16-13(15)17(12)6-9-7-18-2-3-19-9/h4-5,9H,2-3,6-7H2,1H3,(H2,15,16). The molecule has 0 spiro atoms. The maximum atomic E-state index is 13.6. The molecule has 1 saturated heterocycles. The van der Waals surface area contributed by atoms with E-state index in [4.69, 9.17) is 5.73 Å². The molecule has 2 N–H and O–H groups in total. The Morgan fingerprint density at radius 3 is 3.05 bits per heavy atom. The van der Waals surface area contributed by atoms with Gasteiger partial charge in [0, 0.05) is 35.1 Å². The van der Waals surface area contributed by atoms with E-state index in [1.54, 1.807) is 6.92 Å². The van der Waals surface area contributed by atoms with Crippen LogP contribution in [0.5, 0.6) is 0 Å². The highest BCUT2D eigenvalue weighted by atomic mass is 32.2. The highest BCUT2D eigenvalue weighted by molar-refractivity contribution is 8.06. The lowest BCUT2D eigenvalue weighted by molar-refractivity contribution is 0.620. The van der Waals surface area contributed by atoms with Gasteiger partial charge in [0.25, 0.3) is 0 Å². The van der Waals surface area contributed by atoms with Crippen LogP contribution in [0, 0.1) is 12.7 Å². The Hall–Kier alpha value is -0.880. The third-order valence-electron chi connectivity index (χ3n) is 3.33. The summed E-state index contributed by atoms with van der Waals surface area (Å²) >= 11 is 3.97. The fourth-order valence-corrected chi connectivity index (χ4v) is 4.96. The predicted octanol–water partition coefficient (Wildman–Crippen LogP) is 2.91. The van der Waals surface area contributed by atoms with Crippen LogP contribution in [0.3, 0.4) is 0 Å². The summed E-state index contributed by atoms with van der Waals surface area (Å²) in [5.41, 5.74) is 8.21. The molecule has 0 saturated carbocycles. The van der Waals surface area contributed by atoms with Crippen LogP contribution >= 0.6 is 23.5 Å². The van der Waals surface area contributed by atoms with E-state index in [0.29, 0.717) is 22.3 Å². The summed E-state index contributed by atoms with van der Waals surface area (Å²) in [6, 6.07) is 3.31. The van der Waals surface area contributed by atoms with Crippen LogP contribution in [0.1, 0.15) is 5.56 Å². The van der Waals surface area contributed by atoms with Gasteiger partial charge < -0.3 is 10.3 Å². The number of nitrogens with zero attached hydrogens (tertiary/aromatic N) is 2. The molecule has 2 heterocycles. The van der Waals surface area contributed by atoms with Crippen molar-refractivity contribution in [2.45, 2.75) is 18.7 Å². The van der Waals surface area contributed by atoms with Gasteiger partial charge in [-0.1, -0.05) is 0 Å². The van der Waals surface area contributed by atoms with Crippen molar-refractivity contribution in [1.82, 2.24) is 9.55 Å². The molecule has 6 heteroatoms. The molecule has 1 aliphatic heterocycles. The van der Waals surface area contributed by atoms with Crippen molar-refractivity contribution in [3.63, 3.8) is 0 Å². The third-order valence-corrected chi connectivity index (χ3v) is 6.16. The molecular formula is C13H16FN3S2. The predicted molar refractivity (Wildman–Crippen MR) is 82.4 cm³/mol. The number of hydrogen-bond acceptors (Lipinski definition) is 4. The van der Waals surface area contributed by atoms with Gasteiger partial charge >= 0.3 is 0 Å². The molecule has 0 bridgehead atoms. The second-order valence-electron chi connectivity index (χ2n) is 4.74. The molecule has 1 aromatic heterocycles. The van der Waals surface area contributed by atoms with Gasteiger partial charge in [0.15, 0.2) is 0 Å². The zero-order chi connectivity index (χ0) is 13.4. The van der Waals surface area contributed by atoms with E-state index < -0.39 is 0 Å². The molecule has 1 unspecified atom stereocenters. The number of halogens is 1. The fourth-order valence-electron chi connectivity index (χ4n) is 2.31. The smallest absolute Gasteiger partial charge is 0.201 e. The highest BCUT2D eigenvalue weighted by Crippen LogP contribution is 2.28. The average molecular weight is 297 g/mol. The summed E-state index contributed by atoms with van der Waals surface area (Å²) in [4.78, 5) is 4.27. The molecule has 2 aromatic rings. The van der Waals surface area contributed by atoms with Crippen LogP contribution in [0.4, 0.5) is 10.3 Å². The quantitative estimate of drug-likeness (QED) is 0.925. The molecule has 1 aromatic carbocycles. The van der Waals surface area contributed by atoms with Crippen molar-refractivity contribution in [2.75, 3.05) is 23.0 Å². The number of aromatic nitrogens is 2. The van der Waals surface area contributed by atoms with Crippen molar-refractivity contribution < 1.29 is 4.39 Å². The molecular weight excluding hydrogens is 281 g/mol. The van der Waals surface area contributed by atoms with Crippen LogP contribution in [0.2, 0.25) is 0 Å². The molecule has 102 valence electrons. The first-order valence-electron chi connectivity index (χ1n) is 6.26. The van der Waals surface area contributed by atoms with Gasteiger partial charge in [-0.3, -0.25) is 0 Å². The average Bonchev–Trinajstić information content (AvgIpc) is 2.68. The molecule has 3 nitrogen and oxygen atoms in total. The minimum Gasteiger partial charge on any atom is -0.369 e. The minimum absolute atomic E-state index is 0.222. The summed E-state index contributed by atoms with van der Waals surface area (Å²) in [5, 5.41) is 0.559. The van der Waals surface area contributed by atoms with Crippen LogP contribution in [-0.2, 0) is 6.54 Å². The molecule has 3 rings (SSSR count). The SMILES string of the molecule is Cc1cc2c(cc1F)nc(N)n2CC1CSCCS1. The summed E-state index contributed by atoms with van der Waals surface area (Å²) in [7, 11) is 0. The Kier molecular flexibility index (Phi) is 3.62. The van der Waals surface area contributed by atoms with Gasteiger partial charge in [0.05, 0.1) is 11.0 Å². The maximum Gasteiger partial charge on any atom is 0.201 e. The van der Waals surface area contributed by atoms with E-state index in [1.165, 1.54) is 17.6 Å². The van der Waals surface area contributed by atoms with Crippen molar-refractivity contribution in [2.24, 2.45) is 0 Å². The van der Waals surface area contributed by atoms with Gasteiger partial charge in [-0.2, -0.15) is 23.5 Å². The molecule has 1 fully saturated rings. The van der Waals surface area contributed by atoms with Crippen LogP contribution in [0.25, 0.3) is 11.0 Å². The zero-order valence-corrected chi connectivity index (χ0v) is 12.4. The van der Waals surface area contributed by atoms with E-state index in [-0.39, 0.29) is 5.82 Å². The van der Waals surface area contributed by atoms with Crippen LogP contribution < -0.4 is 5.73 Å². The number of aryl methyl sites for hydroxylation is 1. The highest BCUT2D eigenvalue weighted by Gasteiger charge is 2.18. The largest absolute Gasteiger partial charge is 0.369 e. The number of fused-ring (bicyclic) bond motifs is 1. The first-order chi connectivity index (χ1) is 9.15. The fraction of sp³-hybridized carbons (Fsp3) is 0.462. The number of nitrogen functional groups attached to an aromatic ring is 1. The Balaban J connectivity index is 1.97.